The van der Waals surface area contributed by atoms with Crippen LogP contribution in [0.4, 0.5) is 4.39 Å². The number of hydrogen-bond donors (Lipinski definition) is 0. The molecule has 3 heterocycles. The largest absolute Gasteiger partial charge is 0.465 e. The van der Waals surface area contributed by atoms with Crippen molar-refractivity contribution < 1.29 is 13.6 Å². The highest BCUT2D eigenvalue weighted by atomic mass is 19.1. The molecule has 0 saturated carbocycles. The molecule has 27 heavy (non-hydrogen) atoms. The fourth-order valence-corrected chi connectivity index (χ4v) is 4.53. The SMILES string of the molecule is Cc1cc(CN2CCC3(CCCN(Cc4ccc(F)cc4)C3=O)C2)oc1C. The van der Waals surface area contributed by atoms with Crippen LogP contribution in [0, 0.1) is 25.1 Å². The van der Waals surface area contributed by atoms with Crippen LogP contribution in [-0.2, 0) is 17.9 Å². The maximum Gasteiger partial charge on any atom is 0.230 e. The summed E-state index contributed by atoms with van der Waals surface area (Å²) in [5.74, 6) is 1.97. The standard InChI is InChI=1S/C22H27FN2O2/c1-16-12-20(27-17(16)2)14-24-11-9-22(15-24)8-3-10-25(21(22)26)13-18-4-6-19(23)7-5-18/h4-7,12H,3,8-11,13-15H2,1-2H3. The molecule has 1 aromatic carbocycles. The summed E-state index contributed by atoms with van der Waals surface area (Å²) in [6.45, 7) is 7.89. The second kappa shape index (κ2) is 7.12. The molecule has 1 unspecified atom stereocenters. The Balaban J connectivity index is 1.43. The third kappa shape index (κ3) is 3.65. The predicted molar refractivity (Wildman–Crippen MR) is 102 cm³/mol. The first-order valence-corrected chi connectivity index (χ1v) is 9.77. The molecule has 2 fully saturated rings. The Bertz CT molecular complexity index is 810. The van der Waals surface area contributed by atoms with Gasteiger partial charge in [-0.1, -0.05) is 12.1 Å². The van der Waals surface area contributed by atoms with E-state index in [2.05, 4.69) is 17.9 Å². The number of carbonyl (C=O) groups is 1. The lowest BCUT2D eigenvalue weighted by molar-refractivity contribution is -0.146. The van der Waals surface area contributed by atoms with Crippen LogP contribution < -0.4 is 0 Å². The van der Waals surface area contributed by atoms with E-state index >= 15 is 0 Å². The number of hydrogen-bond acceptors (Lipinski definition) is 3. The first-order chi connectivity index (χ1) is 12.9. The fraction of sp³-hybridized carbons (Fsp3) is 0.500. The lowest BCUT2D eigenvalue weighted by atomic mass is 9.78. The molecule has 5 heteroatoms. The average molecular weight is 370 g/mol. The fourth-order valence-electron chi connectivity index (χ4n) is 4.53. The smallest absolute Gasteiger partial charge is 0.230 e. The van der Waals surface area contributed by atoms with E-state index in [1.807, 2.05) is 11.8 Å². The average Bonchev–Trinajstić information content (AvgIpc) is 3.18. The van der Waals surface area contributed by atoms with Gasteiger partial charge in [0, 0.05) is 19.6 Å². The molecular formula is C22H27FN2O2. The van der Waals surface area contributed by atoms with E-state index in [-0.39, 0.29) is 17.1 Å². The van der Waals surface area contributed by atoms with Crippen LogP contribution >= 0.6 is 0 Å². The third-order valence-electron chi connectivity index (χ3n) is 6.14. The number of piperidine rings is 1. The Kier molecular flexibility index (Phi) is 4.81. The van der Waals surface area contributed by atoms with Crippen molar-refractivity contribution in [2.24, 2.45) is 5.41 Å². The van der Waals surface area contributed by atoms with Crippen molar-refractivity contribution in [1.29, 1.82) is 0 Å². The van der Waals surface area contributed by atoms with Gasteiger partial charge < -0.3 is 9.32 Å². The van der Waals surface area contributed by atoms with Crippen LogP contribution in [-0.4, -0.2) is 35.3 Å². The van der Waals surface area contributed by atoms with Gasteiger partial charge in [0.2, 0.25) is 5.91 Å². The number of aryl methyl sites for hydroxylation is 2. The van der Waals surface area contributed by atoms with Gasteiger partial charge in [-0.15, -0.1) is 0 Å². The van der Waals surface area contributed by atoms with Crippen LogP contribution in [0.5, 0.6) is 0 Å². The Labute approximate surface area is 159 Å². The van der Waals surface area contributed by atoms with Gasteiger partial charge in [0.05, 0.1) is 12.0 Å². The molecule has 0 bridgehead atoms. The maximum absolute atomic E-state index is 13.3. The molecule has 0 N–H and O–H groups in total. The summed E-state index contributed by atoms with van der Waals surface area (Å²) in [5, 5.41) is 0. The second-order valence-electron chi connectivity index (χ2n) is 8.15. The number of halogens is 1. The molecule has 2 aromatic rings. The van der Waals surface area contributed by atoms with Crippen LogP contribution in [0.3, 0.4) is 0 Å². The molecule has 1 atom stereocenters. The number of carbonyl (C=O) groups excluding carboxylic acids is 1. The van der Waals surface area contributed by atoms with Crippen molar-refractivity contribution in [2.75, 3.05) is 19.6 Å². The summed E-state index contributed by atoms with van der Waals surface area (Å²) < 4.78 is 19.0. The number of nitrogens with zero attached hydrogens (tertiary/aromatic N) is 2. The highest BCUT2D eigenvalue weighted by Gasteiger charge is 2.48. The molecule has 1 spiro atoms. The lowest BCUT2D eigenvalue weighted by Gasteiger charge is -2.39. The van der Waals surface area contributed by atoms with Gasteiger partial charge in [-0.05, 0) is 69.0 Å². The summed E-state index contributed by atoms with van der Waals surface area (Å²) in [7, 11) is 0. The van der Waals surface area contributed by atoms with Crippen LogP contribution in [0.25, 0.3) is 0 Å². The molecule has 4 nitrogen and oxygen atoms in total. The molecule has 0 radical (unpaired) electrons. The minimum Gasteiger partial charge on any atom is -0.465 e. The monoisotopic (exact) mass is 370 g/mol. The number of rotatable bonds is 4. The minimum absolute atomic E-state index is 0.241. The molecule has 4 rings (SSSR count). The lowest BCUT2D eigenvalue weighted by Crippen LogP contribution is -2.49. The van der Waals surface area contributed by atoms with E-state index in [4.69, 9.17) is 4.42 Å². The first-order valence-electron chi connectivity index (χ1n) is 9.77. The van der Waals surface area contributed by atoms with E-state index in [0.717, 1.165) is 62.5 Å². The molecule has 2 saturated heterocycles. The van der Waals surface area contributed by atoms with Gasteiger partial charge in [0.15, 0.2) is 0 Å². The summed E-state index contributed by atoms with van der Waals surface area (Å²) in [4.78, 5) is 17.6. The number of furan rings is 1. The molecular weight excluding hydrogens is 343 g/mol. The van der Waals surface area contributed by atoms with Gasteiger partial charge >= 0.3 is 0 Å². The van der Waals surface area contributed by atoms with Gasteiger partial charge in [-0.25, -0.2) is 4.39 Å². The molecule has 0 aliphatic carbocycles. The van der Waals surface area contributed by atoms with Crippen molar-refractivity contribution in [3.05, 3.63) is 58.8 Å². The van der Waals surface area contributed by atoms with Crippen molar-refractivity contribution in [2.45, 2.75) is 46.2 Å². The summed E-state index contributed by atoms with van der Waals surface area (Å²) in [5.41, 5.74) is 1.89. The zero-order chi connectivity index (χ0) is 19.0. The molecule has 2 aliphatic heterocycles. The predicted octanol–water partition coefficient (Wildman–Crippen LogP) is 4.05. The first kappa shape index (κ1) is 18.2. The maximum atomic E-state index is 13.3. The van der Waals surface area contributed by atoms with Crippen molar-refractivity contribution in [1.82, 2.24) is 9.80 Å². The molecule has 1 amide bonds. The second-order valence-corrected chi connectivity index (χ2v) is 8.15. The van der Waals surface area contributed by atoms with Crippen molar-refractivity contribution >= 4 is 5.91 Å². The molecule has 2 aliphatic rings. The zero-order valence-corrected chi connectivity index (χ0v) is 16.1. The van der Waals surface area contributed by atoms with E-state index in [1.54, 1.807) is 12.1 Å². The van der Waals surface area contributed by atoms with Gasteiger partial charge in [0.1, 0.15) is 17.3 Å². The highest BCUT2D eigenvalue weighted by molar-refractivity contribution is 5.84. The van der Waals surface area contributed by atoms with E-state index in [0.29, 0.717) is 6.54 Å². The summed E-state index contributed by atoms with van der Waals surface area (Å²) in [6, 6.07) is 8.57. The minimum atomic E-state index is -0.269. The number of likely N-dealkylation sites (tertiary alicyclic amines) is 2. The van der Waals surface area contributed by atoms with Gasteiger partial charge in [0.25, 0.3) is 0 Å². The van der Waals surface area contributed by atoms with Crippen molar-refractivity contribution in [3.63, 3.8) is 0 Å². The quantitative estimate of drug-likeness (QED) is 0.815. The van der Waals surface area contributed by atoms with Gasteiger partial charge in [-0.3, -0.25) is 9.69 Å². The van der Waals surface area contributed by atoms with Crippen molar-refractivity contribution in [3.8, 4) is 0 Å². The van der Waals surface area contributed by atoms with Gasteiger partial charge in [-0.2, -0.15) is 0 Å². The topological polar surface area (TPSA) is 36.7 Å². The van der Waals surface area contributed by atoms with E-state index in [1.165, 1.54) is 17.7 Å². The summed E-state index contributed by atoms with van der Waals surface area (Å²) >= 11 is 0. The highest BCUT2D eigenvalue weighted by Crippen LogP contribution is 2.41. The normalized spacial score (nSPS) is 23.5. The van der Waals surface area contributed by atoms with Crippen LogP contribution in [0.2, 0.25) is 0 Å². The molecule has 1 aromatic heterocycles. The van der Waals surface area contributed by atoms with E-state index < -0.39 is 0 Å². The molecule has 144 valence electrons. The Morgan fingerprint density at radius 3 is 2.59 bits per heavy atom. The third-order valence-corrected chi connectivity index (χ3v) is 6.14. The summed E-state index contributed by atoms with van der Waals surface area (Å²) in [6.07, 6.45) is 2.89. The van der Waals surface area contributed by atoms with Crippen LogP contribution in [0.15, 0.2) is 34.7 Å². The number of benzene rings is 1. The van der Waals surface area contributed by atoms with Crippen LogP contribution in [0.1, 0.15) is 41.9 Å². The van der Waals surface area contributed by atoms with E-state index in [9.17, 15) is 9.18 Å². The Morgan fingerprint density at radius 1 is 1.11 bits per heavy atom. The zero-order valence-electron chi connectivity index (χ0n) is 16.1. The Hall–Kier alpha value is -2.14. The Morgan fingerprint density at radius 2 is 1.89 bits per heavy atom. The number of amides is 1.